The van der Waals surface area contributed by atoms with Crippen molar-refractivity contribution in [3.8, 4) is 0 Å². The smallest absolute Gasteiger partial charge is 0.172 e. The van der Waals surface area contributed by atoms with Crippen LogP contribution in [0, 0.1) is 6.92 Å². The first-order valence-electron chi connectivity index (χ1n) is 6.46. The number of hydrogen-bond donors (Lipinski definition) is 2. The molecule has 1 unspecified atom stereocenters. The molecule has 1 heterocycles. The molecule has 1 aliphatic rings. The topological polar surface area (TPSA) is 96.0 Å². The van der Waals surface area contributed by atoms with Crippen molar-refractivity contribution in [1.82, 2.24) is 0 Å². The SMILES string of the molecule is Cc1ccc(C(N)=NO)c(N2CCSCC2S(C)(=O)=O)c1. The van der Waals surface area contributed by atoms with Gasteiger partial charge < -0.3 is 15.8 Å². The highest BCUT2D eigenvalue weighted by Crippen LogP contribution is 2.30. The van der Waals surface area contributed by atoms with Gasteiger partial charge in [0.15, 0.2) is 15.7 Å². The molecule has 1 saturated heterocycles. The van der Waals surface area contributed by atoms with Gasteiger partial charge in [-0.15, -0.1) is 0 Å². The van der Waals surface area contributed by atoms with Gasteiger partial charge in [0.05, 0.1) is 0 Å². The molecule has 1 fully saturated rings. The number of aryl methyl sites for hydroxylation is 1. The fourth-order valence-corrected chi connectivity index (χ4v) is 5.19. The van der Waals surface area contributed by atoms with E-state index in [1.807, 2.05) is 24.0 Å². The van der Waals surface area contributed by atoms with Gasteiger partial charge in [0.25, 0.3) is 0 Å². The van der Waals surface area contributed by atoms with Gasteiger partial charge in [-0.3, -0.25) is 0 Å². The van der Waals surface area contributed by atoms with Crippen LogP contribution in [0.4, 0.5) is 5.69 Å². The molecule has 2 rings (SSSR count). The van der Waals surface area contributed by atoms with Crippen molar-refractivity contribution in [3.63, 3.8) is 0 Å². The van der Waals surface area contributed by atoms with Gasteiger partial charge in [0, 0.05) is 35.6 Å². The van der Waals surface area contributed by atoms with E-state index in [4.69, 9.17) is 10.9 Å². The van der Waals surface area contributed by atoms with Crippen LogP contribution in [0.3, 0.4) is 0 Å². The molecule has 1 aromatic carbocycles. The van der Waals surface area contributed by atoms with E-state index in [0.717, 1.165) is 11.3 Å². The van der Waals surface area contributed by atoms with Crippen LogP contribution in [-0.2, 0) is 9.84 Å². The molecule has 0 aliphatic carbocycles. The maximum absolute atomic E-state index is 12.0. The molecule has 1 aliphatic heterocycles. The van der Waals surface area contributed by atoms with E-state index in [-0.39, 0.29) is 5.84 Å². The van der Waals surface area contributed by atoms with Crippen molar-refractivity contribution >= 4 is 33.1 Å². The average molecular weight is 329 g/mol. The minimum absolute atomic E-state index is 0.0181. The van der Waals surface area contributed by atoms with Gasteiger partial charge in [-0.05, 0) is 24.6 Å². The summed E-state index contributed by atoms with van der Waals surface area (Å²) in [5, 5.41) is 11.4. The Morgan fingerprint density at radius 2 is 2.24 bits per heavy atom. The fraction of sp³-hybridized carbons (Fsp3) is 0.462. The highest BCUT2D eigenvalue weighted by atomic mass is 32.2. The molecular weight excluding hydrogens is 310 g/mol. The predicted octanol–water partition coefficient (Wildman–Crippen LogP) is 1.01. The second-order valence-electron chi connectivity index (χ2n) is 5.06. The van der Waals surface area contributed by atoms with Gasteiger partial charge in [-0.1, -0.05) is 11.2 Å². The third-order valence-corrected chi connectivity index (χ3v) is 6.07. The van der Waals surface area contributed by atoms with Gasteiger partial charge in [-0.25, -0.2) is 8.42 Å². The zero-order valence-corrected chi connectivity index (χ0v) is 13.6. The number of anilines is 1. The molecule has 0 spiro atoms. The van der Waals surface area contributed by atoms with Crippen molar-refractivity contribution in [2.75, 3.05) is 29.2 Å². The van der Waals surface area contributed by atoms with Crippen LogP contribution in [0.5, 0.6) is 0 Å². The van der Waals surface area contributed by atoms with E-state index in [1.54, 1.807) is 17.8 Å². The van der Waals surface area contributed by atoms with E-state index in [2.05, 4.69) is 5.16 Å². The molecule has 0 radical (unpaired) electrons. The number of hydrogen-bond acceptors (Lipinski definition) is 6. The summed E-state index contributed by atoms with van der Waals surface area (Å²) in [6, 6.07) is 5.48. The van der Waals surface area contributed by atoms with E-state index in [1.165, 1.54) is 6.26 Å². The third kappa shape index (κ3) is 3.44. The van der Waals surface area contributed by atoms with Gasteiger partial charge >= 0.3 is 0 Å². The Morgan fingerprint density at radius 3 is 2.86 bits per heavy atom. The summed E-state index contributed by atoms with van der Waals surface area (Å²) in [5.41, 5.74) is 7.96. The highest BCUT2D eigenvalue weighted by Gasteiger charge is 2.32. The van der Waals surface area contributed by atoms with Crippen LogP contribution in [0.1, 0.15) is 11.1 Å². The van der Waals surface area contributed by atoms with E-state index in [0.29, 0.717) is 23.5 Å². The van der Waals surface area contributed by atoms with Crippen LogP contribution in [0.2, 0.25) is 0 Å². The van der Waals surface area contributed by atoms with Crippen molar-refractivity contribution in [2.24, 2.45) is 10.9 Å². The summed E-state index contributed by atoms with van der Waals surface area (Å²) in [7, 11) is -3.22. The molecule has 1 aromatic rings. The summed E-state index contributed by atoms with van der Waals surface area (Å²) in [4.78, 5) is 1.84. The van der Waals surface area contributed by atoms with Crippen molar-refractivity contribution in [3.05, 3.63) is 29.3 Å². The van der Waals surface area contributed by atoms with E-state index in [9.17, 15) is 8.42 Å². The van der Waals surface area contributed by atoms with Gasteiger partial charge in [-0.2, -0.15) is 11.8 Å². The largest absolute Gasteiger partial charge is 0.409 e. The Hall–Kier alpha value is -1.41. The lowest BCUT2D eigenvalue weighted by Gasteiger charge is -2.37. The lowest BCUT2D eigenvalue weighted by atomic mass is 10.1. The number of amidine groups is 1. The van der Waals surface area contributed by atoms with Crippen LogP contribution >= 0.6 is 11.8 Å². The molecular formula is C13H19N3O3S2. The number of nitrogens with zero attached hydrogens (tertiary/aromatic N) is 2. The number of nitrogens with two attached hydrogens (primary N) is 1. The molecule has 8 heteroatoms. The normalized spacial score (nSPS) is 20.6. The Kier molecular flexibility index (Phi) is 4.67. The summed E-state index contributed by atoms with van der Waals surface area (Å²) in [6.45, 7) is 2.53. The number of rotatable bonds is 3. The van der Waals surface area contributed by atoms with Crippen molar-refractivity contribution in [1.29, 1.82) is 0 Å². The molecule has 0 aromatic heterocycles. The molecule has 3 N–H and O–H groups in total. The quantitative estimate of drug-likeness (QED) is 0.372. The molecule has 0 bridgehead atoms. The van der Waals surface area contributed by atoms with E-state index < -0.39 is 15.2 Å². The third-order valence-electron chi connectivity index (χ3n) is 3.43. The zero-order valence-electron chi connectivity index (χ0n) is 12.0. The lowest BCUT2D eigenvalue weighted by Crippen LogP contribution is -2.47. The number of oxime groups is 1. The summed E-state index contributed by atoms with van der Waals surface area (Å²) >= 11 is 1.62. The minimum Gasteiger partial charge on any atom is -0.409 e. The lowest BCUT2D eigenvalue weighted by molar-refractivity contribution is 0.318. The van der Waals surface area contributed by atoms with Crippen LogP contribution in [0.15, 0.2) is 23.4 Å². The second-order valence-corrected chi connectivity index (χ2v) is 8.41. The minimum atomic E-state index is -3.22. The van der Waals surface area contributed by atoms with Crippen molar-refractivity contribution in [2.45, 2.75) is 12.3 Å². The summed E-state index contributed by atoms with van der Waals surface area (Å²) in [6.07, 6.45) is 1.25. The standard InChI is InChI=1S/C13H19N3O3S2/c1-9-3-4-10(13(14)15-17)11(7-9)16-5-6-20-8-12(16)21(2,18)19/h3-4,7,12,17H,5-6,8H2,1-2H3,(H2,14,15). The molecule has 21 heavy (non-hydrogen) atoms. The maximum atomic E-state index is 12.0. The Morgan fingerprint density at radius 1 is 1.52 bits per heavy atom. The number of sulfone groups is 1. The van der Waals surface area contributed by atoms with Crippen LogP contribution < -0.4 is 10.6 Å². The van der Waals surface area contributed by atoms with Crippen LogP contribution in [-0.4, -0.2) is 49.1 Å². The molecule has 1 atom stereocenters. The summed E-state index contributed by atoms with van der Waals surface area (Å²) < 4.78 is 24.1. The Balaban J connectivity index is 2.55. The number of thioether (sulfide) groups is 1. The Bertz CT molecular complexity index is 659. The predicted molar refractivity (Wildman–Crippen MR) is 87.0 cm³/mol. The summed E-state index contributed by atoms with van der Waals surface area (Å²) in [5.74, 6) is 1.34. The zero-order chi connectivity index (χ0) is 15.6. The number of benzene rings is 1. The van der Waals surface area contributed by atoms with Crippen molar-refractivity contribution < 1.29 is 13.6 Å². The molecule has 6 nitrogen and oxygen atoms in total. The van der Waals surface area contributed by atoms with Crippen LogP contribution in [0.25, 0.3) is 0 Å². The average Bonchev–Trinajstić information content (AvgIpc) is 2.45. The second kappa shape index (κ2) is 6.15. The first kappa shape index (κ1) is 16.0. The highest BCUT2D eigenvalue weighted by molar-refractivity contribution is 8.01. The first-order chi connectivity index (χ1) is 9.84. The molecule has 0 amide bonds. The monoisotopic (exact) mass is 329 g/mol. The first-order valence-corrected chi connectivity index (χ1v) is 9.57. The van der Waals surface area contributed by atoms with E-state index >= 15 is 0 Å². The maximum Gasteiger partial charge on any atom is 0.172 e. The molecule has 0 saturated carbocycles. The Labute approximate surface area is 128 Å². The fourth-order valence-electron chi connectivity index (χ4n) is 2.36. The molecule has 116 valence electrons. The van der Waals surface area contributed by atoms with Gasteiger partial charge in [0.2, 0.25) is 0 Å². The van der Waals surface area contributed by atoms with Gasteiger partial charge in [0.1, 0.15) is 5.37 Å².